The van der Waals surface area contributed by atoms with E-state index in [4.69, 9.17) is 0 Å². The second kappa shape index (κ2) is 4.76. The van der Waals surface area contributed by atoms with Gasteiger partial charge in [0.05, 0.1) is 6.54 Å². The lowest BCUT2D eigenvalue weighted by Gasteiger charge is -2.23. The summed E-state index contributed by atoms with van der Waals surface area (Å²) in [6.07, 6.45) is 5.78. The van der Waals surface area contributed by atoms with E-state index in [1.165, 1.54) is 16.5 Å². The molecule has 2 N–H and O–H groups in total. The van der Waals surface area contributed by atoms with Crippen LogP contribution < -0.4 is 5.32 Å². The van der Waals surface area contributed by atoms with Gasteiger partial charge >= 0.3 is 0 Å². The maximum absolute atomic E-state index is 4.26. The number of H-pyrrole nitrogens is 1. The average molecular weight is 267 g/mol. The Kier molecular flexibility index (Phi) is 2.77. The fraction of sp³-hybridized carbons (Fsp3) is 0.333. The van der Waals surface area contributed by atoms with Gasteiger partial charge in [-0.3, -0.25) is 0 Å². The molecule has 0 fully saturated rings. The third-order valence-corrected chi connectivity index (χ3v) is 4.06. The van der Waals surface area contributed by atoms with Crippen LogP contribution in [-0.2, 0) is 19.5 Å². The van der Waals surface area contributed by atoms with Gasteiger partial charge in [0.2, 0.25) is 0 Å². The Morgan fingerprint density at radius 3 is 3.35 bits per heavy atom. The van der Waals surface area contributed by atoms with E-state index in [-0.39, 0.29) is 0 Å². The lowest BCUT2D eigenvalue weighted by atomic mass is 10.1. The zero-order valence-electron chi connectivity index (χ0n) is 11.2. The number of hydrogen-bond donors (Lipinski definition) is 2. The molecule has 1 aliphatic heterocycles. The standard InChI is InChI=1S/C15H17N5/c1-2-11-6-7-16-15(11)12(3-1)8-17-13-4-5-14-18-10-19-20(14)9-13/h1-3,6-7,10,13,16-17H,4-5,8-9H2/t13-/m0/s1. The Labute approximate surface area is 117 Å². The zero-order valence-corrected chi connectivity index (χ0v) is 11.2. The van der Waals surface area contributed by atoms with Crippen LogP contribution >= 0.6 is 0 Å². The molecule has 5 heteroatoms. The van der Waals surface area contributed by atoms with Crippen molar-refractivity contribution in [3.63, 3.8) is 0 Å². The molecule has 3 heterocycles. The number of nitrogens with zero attached hydrogens (tertiary/aromatic N) is 3. The summed E-state index contributed by atoms with van der Waals surface area (Å²) in [6.45, 7) is 1.79. The van der Waals surface area contributed by atoms with Crippen LogP contribution in [0.5, 0.6) is 0 Å². The number of nitrogens with one attached hydrogen (secondary N) is 2. The number of hydrogen-bond acceptors (Lipinski definition) is 3. The monoisotopic (exact) mass is 267 g/mol. The molecule has 3 aromatic rings. The molecule has 5 nitrogen and oxygen atoms in total. The molecule has 0 saturated heterocycles. The van der Waals surface area contributed by atoms with Crippen LogP contribution in [0.15, 0.2) is 36.8 Å². The fourth-order valence-electron chi connectivity index (χ4n) is 2.96. The number of benzene rings is 1. The first-order chi connectivity index (χ1) is 9.90. The van der Waals surface area contributed by atoms with Crippen molar-refractivity contribution in [2.45, 2.75) is 32.0 Å². The summed E-state index contributed by atoms with van der Waals surface area (Å²) in [5.74, 6) is 1.11. The Bertz CT molecular complexity index is 727. The normalized spacial score (nSPS) is 18.3. The average Bonchev–Trinajstić information content (AvgIpc) is 3.13. The SMILES string of the molecule is c1cc(CN[C@H]2CCc3ncnn3C2)c2[nH]ccc2c1. The predicted molar refractivity (Wildman–Crippen MR) is 77.3 cm³/mol. The van der Waals surface area contributed by atoms with Crippen LogP contribution in [0.1, 0.15) is 17.8 Å². The molecular weight excluding hydrogens is 250 g/mol. The second-order valence-electron chi connectivity index (χ2n) is 5.33. The number of aromatic amines is 1. The minimum atomic E-state index is 0.467. The second-order valence-corrected chi connectivity index (χ2v) is 5.33. The van der Waals surface area contributed by atoms with Crippen molar-refractivity contribution in [2.24, 2.45) is 0 Å². The molecule has 102 valence electrons. The quantitative estimate of drug-likeness (QED) is 0.761. The smallest absolute Gasteiger partial charge is 0.138 e. The van der Waals surface area contributed by atoms with Crippen molar-refractivity contribution >= 4 is 10.9 Å². The third-order valence-electron chi connectivity index (χ3n) is 4.06. The largest absolute Gasteiger partial charge is 0.361 e. The van der Waals surface area contributed by atoms with Gasteiger partial charge in [0.15, 0.2) is 0 Å². The highest BCUT2D eigenvalue weighted by atomic mass is 15.3. The van der Waals surface area contributed by atoms with Gasteiger partial charge in [-0.1, -0.05) is 18.2 Å². The highest BCUT2D eigenvalue weighted by Gasteiger charge is 2.19. The Balaban J connectivity index is 1.47. The number of fused-ring (bicyclic) bond motifs is 2. The Hall–Kier alpha value is -2.14. The van der Waals surface area contributed by atoms with E-state index in [1.54, 1.807) is 6.33 Å². The van der Waals surface area contributed by atoms with E-state index in [9.17, 15) is 0 Å². The van der Waals surface area contributed by atoms with Crippen LogP contribution in [0.2, 0.25) is 0 Å². The number of aryl methyl sites for hydroxylation is 1. The summed E-state index contributed by atoms with van der Waals surface area (Å²) < 4.78 is 2.01. The molecule has 4 rings (SSSR count). The van der Waals surface area contributed by atoms with Crippen molar-refractivity contribution in [1.82, 2.24) is 25.1 Å². The molecule has 0 saturated carbocycles. The van der Waals surface area contributed by atoms with E-state index < -0.39 is 0 Å². The molecule has 0 radical (unpaired) electrons. The lowest BCUT2D eigenvalue weighted by molar-refractivity contribution is 0.358. The minimum absolute atomic E-state index is 0.467. The van der Waals surface area contributed by atoms with Crippen LogP contribution in [0.3, 0.4) is 0 Å². The van der Waals surface area contributed by atoms with Crippen LogP contribution in [0, 0.1) is 0 Å². The summed E-state index contributed by atoms with van der Waals surface area (Å²) >= 11 is 0. The van der Waals surface area contributed by atoms with Gasteiger partial charge in [-0.05, 0) is 23.4 Å². The molecule has 2 aromatic heterocycles. The molecule has 0 unspecified atom stereocenters. The van der Waals surface area contributed by atoms with Crippen molar-refractivity contribution in [3.05, 3.63) is 48.2 Å². The van der Waals surface area contributed by atoms with Gasteiger partial charge in [0.1, 0.15) is 12.2 Å². The van der Waals surface area contributed by atoms with E-state index >= 15 is 0 Å². The summed E-state index contributed by atoms with van der Waals surface area (Å²) in [5.41, 5.74) is 2.55. The van der Waals surface area contributed by atoms with E-state index in [0.29, 0.717) is 6.04 Å². The summed E-state index contributed by atoms with van der Waals surface area (Å²) in [4.78, 5) is 7.58. The van der Waals surface area contributed by atoms with Gasteiger partial charge < -0.3 is 10.3 Å². The van der Waals surface area contributed by atoms with Gasteiger partial charge in [0.25, 0.3) is 0 Å². The van der Waals surface area contributed by atoms with E-state index in [2.05, 4.69) is 44.6 Å². The van der Waals surface area contributed by atoms with Gasteiger partial charge in [-0.15, -0.1) is 0 Å². The molecule has 0 spiro atoms. The van der Waals surface area contributed by atoms with Crippen LogP contribution in [0.25, 0.3) is 10.9 Å². The first-order valence-corrected chi connectivity index (χ1v) is 7.05. The molecule has 20 heavy (non-hydrogen) atoms. The van der Waals surface area contributed by atoms with E-state index in [0.717, 1.165) is 31.8 Å². The fourth-order valence-corrected chi connectivity index (χ4v) is 2.96. The molecule has 0 aliphatic carbocycles. The van der Waals surface area contributed by atoms with Crippen molar-refractivity contribution in [2.75, 3.05) is 0 Å². The highest BCUT2D eigenvalue weighted by molar-refractivity contribution is 5.82. The summed E-state index contributed by atoms with van der Waals surface area (Å²) in [6, 6.07) is 9.01. The Morgan fingerprint density at radius 1 is 1.35 bits per heavy atom. The summed E-state index contributed by atoms with van der Waals surface area (Å²) in [5, 5.41) is 9.17. The number of rotatable bonds is 3. The van der Waals surface area contributed by atoms with Crippen LogP contribution in [-0.4, -0.2) is 25.8 Å². The van der Waals surface area contributed by atoms with Gasteiger partial charge in [-0.25, -0.2) is 9.67 Å². The summed E-state index contributed by atoms with van der Waals surface area (Å²) in [7, 11) is 0. The number of para-hydroxylation sites is 1. The molecule has 1 aromatic carbocycles. The zero-order chi connectivity index (χ0) is 13.4. The van der Waals surface area contributed by atoms with Crippen molar-refractivity contribution in [3.8, 4) is 0 Å². The number of aromatic nitrogens is 4. The first-order valence-electron chi connectivity index (χ1n) is 7.05. The van der Waals surface area contributed by atoms with Crippen molar-refractivity contribution < 1.29 is 0 Å². The molecular formula is C15H17N5. The molecule has 1 aliphatic rings. The predicted octanol–water partition coefficient (Wildman–Crippen LogP) is 1.86. The maximum Gasteiger partial charge on any atom is 0.138 e. The lowest BCUT2D eigenvalue weighted by Crippen LogP contribution is -2.37. The Morgan fingerprint density at radius 2 is 2.35 bits per heavy atom. The topological polar surface area (TPSA) is 58.5 Å². The molecule has 0 amide bonds. The van der Waals surface area contributed by atoms with Crippen molar-refractivity contribution in [1.29, 1.82) is 0 Å². The maximum atomic E-state index is 4.26. The van der Waals surface area contributed by atoms with Gasteiger partial charge in [0, 0.05) is 30.7 Å². The minimum Gasteiger partial charge on any atom is -0.361 e. The van der Waals surface area contributed by atoms with Crippen LogP contribution in [0.4, 0.5) is 0 Å². The third kappa shape index (κ3) is 2.00. The van der Waals surface area contributed by atoms with E-state index in [1.807, 2.05) is 10.9 Å². The highest BCUT2D eigenvalue weighted by Crippen LogP contribution is 2.18. The molecule has 0 bridgehead atoms. The van der Waals surface area contributed by atoms with Gasteiger partial charge in [-0.2, -0.15) is 5.10 Å². The molecule has 1 atom stereocenters. The first kappa shape index (κ1) is 11.7.